The molecule has 1 heterocycles. The summed E-state index contributed by atoms with van der Waals surface area (Å²) in [7, 11) is 0. The summed E-state index contributed by atoms with van der Waals surface area (Å²) in [6.07, 6.45) is 0.985. The number of fused-ring (bicyclic) bond motifs is 1. The van der Waals surface area contributed by atoms with Crippen molar-refractivity contribution in [3.63, 3.8) is 0 Å². The number of rotatable bonds is 2. The smallest absolute Gasteiger partial charge is 0.246 e. The maximum Gasteiger partial charge on any atom is 0.246 e. The molecular weight excluding hydrogens is 200 g/mol. The zero-order valence-corrected chi connectivity index (χ0v) is 10.1. The molecule has 86 valence electrons. The van der Waals surface area contributed by atoms with Gasteiger partial charge in [0, 0.05) is 6.54 Å². The molecule has 1 N–H and O–H groups in total. The van der Waals surface area contributed by atoms with E-state index in [1.54, 1.807) is 0 Å². The Kier molecular flexibility index (Phi) is 2.86. The van der Waals surface area contributed by atoms with Crippen molar-refractivity contribution >= 4 is 17.3 Å². The molecule has 0 atom stereocenters. The van der Waals surface area contributed by atoms with Crippen molar-refractivity contribution in [2.45, 2.75) is 27.2 Å². The fraction of sp³-hybridized carbons (Fsp3) is 0.462. The van der Waals surface area contributed by atoms with Crippen LogP contribution in [0, 0.1) is 13.8 Å². The summed E-state index contributed by atoms with van der Waals surface area (Å²) < 4.78 is 0. The summed E-state index contributed by atoms with van der Waals surface area (Å²) in [6, 6.07) is 4.16. The van der Waals surface area contributed by atoms with E-state index in [2.05, 4.69) is 38.2 Å². The van der Waals surface area contributed by atoms with Crippen LogP contribution >= 0.6 is 0 Å². The Morgan fingerprint density at radius 3 is 2.81 bits per heavy atom. The number of carbonyl (C=O) groups is 1. The summed E-state index contributed by atoms with van der Waals surface area (Å²) in [6.45, 7) is 7.48. The largest absolute Gasteiger partial charge is 0.374 e. The fourth-order valence-electron chi connectivity index (χ4n) is 2.14. The van der Waals surface area contributed by atoms with E-state index in [9.17, 15) is 4.79 Å². The van der Waals surface area contributed by atoms with E-state index >= 15 is 0 Å². The lowest BCUT2D eigenvalue weighted by Gasteiger charge is -2.32. The van der Waals surface area contributed by atoms with Gasteiger partial charge in [-0.2, -0.15) is 0 Å². The SMILES string of the molecule is CCCN1C(=O)CNc2ccc(C)c(C)c21. The second kappa shape index (κ2) is 4.16. The number of hydrogen-bond acceptors (Lipinski definition) is 2. The van der Waals surface area contributed by atoms with Crippen LogP contribution in [0.4, 0.5) is 11.4 Å². The normalized spacial score (nSPS) is 14.7. The molecule has 0 spiro atoms. The number of nitrogens with zero attached hydrogens (tertiary/aromatic N) is 1. The van der Waals surface area contributed by atoms with Gasteiger partial charge >= 0.3 is 0 Å². The average Bonchev–Trinajstić information content (AvgIpc) is 2.27. The number of benzene rings is 1. The van der Waals surface area contributed by atoms with Crippen LogP contribution in [0.25, 0.3) is 0 Å². The zero-order chi connectivity index (χ0) is 11.7. The predicted octanol–water partition coefficient (Wildman–Crippen LogP) is 2.47. The molecule has 16 heavy (non-hydrogen) atoms. The van der Waals surface area contributed by atoms with Gasteiger partial charge in [-0.15, -0.1) is 0 Å². The van der Waals surface area contributed by atoms with Crippen molar-refractivity contribution in [3.05, 3.63) is 23.3 Å². The molecule has 3 nitrogen and oxygen atoms in total. The van der Waals surface area contributed by atoms with Gasteiger partial charge in [0.1, 0.15) is 0 Å². The van der Waals surface area contributed by atoms with E-state index < -0.39 is 0 Å². The van der Waals surface area contributed by atoms with Gasteiger partial charge in [0.25, 0.3) is 0 Å². The number of hydrogen-bond donors (Lipinski definition) is 1. The first-order valence-electron chi connectivity index (χ1n) is 5.79. The van der Waals surface area contributed by atoms with Gasteiger partial charge < -0.3 is 10.2 Å². The first kappa shape index (κ1) is 11.0. The molecule has 3 heteroatoms. The van der Waals surface area contributed by atoms with Gasteiger partial charge in [0.15, 0.2) is 0 Å². The Morgan fingerprint density at radius 2 is 2.12 bits per heavy atom. The third kappa shape index (κ3) is 1.66. The van der Waals surface area contributed by atoms with Crippen molar-refractivity contribution in [2.24, 2.45) is 0 Å². The van der Waals surface area contributed by atoms with Crippen LogP contribution in [0.2, 0.25) is 0 Å². The molecule has 1 amide bonds. The van der Waals surface area contributed by atoms with E-state index in [-0.39, 0.29) is 5.91 Å². The van der Waals surface area contributed by atoms with Crippen molar-refractivity contribution in [1.29, 1.82) is 0 Å². The summed E-state index contributed by atoms with van der Waals surface area (Å²) in [5.41, 5.74) is 4.58. The van der Waals surface area contributed by atoms with Crippen LogP contribution in [-0.2, 0) is 4.79 Å². The fourth-order valence-corrected chi connectivity index (χ4v) is 2.14. The summed E-state index contributed by atoms with van der Waals surface area (Å²) >= 11 is 0. The molecule has 1 aliphatic heterocycles. The van der Waals surface area contributed by atoms with Gasteiger partial charge in [-0.3, -0.25) is 4.79 Å². The number of nitrogens with one attached hydrogen (secondary N) is 1. The monoisotopic (exact) mass is 218 g/mol. The Labute approximate surface area is 96.5 Å². The second-order valence-corrected chi connectivity index (χ2v) is 4.30. The van der Waals surface area contributed by atoms with Crippen LogP contribution in [0.15, 0.2) is 12.1 Å². The second-order valence-electron chi connectivity index (χ2n) is 4.30. The minimum atomic E-state index is 0.169. The van der Waals surface area contributed by atoms with Crippen molar-refractivity contribution < 1.29 is 4.79 Å². The Hall–Kier alpha value is -1.51. The minimum Gasteiger partial charge on any atom is -0.374 e. The Balaban J connectivity index is 2.52. The lowest BCUT2D eigenvalue weighted by atomic mass is 10.0. The van der Waals surface area contributed by atoms with E-state index in [4.69, 9.17) is 0 Å². The summed E-state index contributed by atoms with van der Waals surface area (Å²) in [4.78, 5) is 13.8. The molecule has 1 aromatic rings. The first-order valence-corrected chi connectivity index (χ1v) is 5.79. The molecule has 1 aromatic carbocycles. The molecule has 0 unspecified atom stereocenters. The lowest BCUT2D eigenvalue weighted by molar-refractivity contribution is -0.117. The van der Waals surface area contributed by atoms with Gasteiger partial charge in [0.05, 0.1) is 17.9 Å². The molecule has 0 aromatic heterocycles. The summed E-state index contributed by atoms with van der Waals surface area (Å²) in [5.74, 6) is 0.169. The quantitative estimate of drug-likeness (QED) is 0.827. The maximum absolute atomic E-state index is 11.9. The molecule has 1 aliphatic rings. The topological polar surface area (TPSA) is 32.3 Å². The zero-order valence-electron chi connectivity index (χ0n) is 10.1. The first-order chi connectivity index (χ1) is 7.65. The standard InChI is InChI=1S/C13H18N2O/c1-4-7-15-12(16)8-14-11-6-5-9(2)10(3)13(11)15/h5-6,14H,4,7-8H2,1-3H3. The molecule has 0 saturated carbocycles. The lowest BCUT2D eigenvalue weighted by Crippen LogP contribution is -2.40. The van der Waals surface area contributed by atoms with Crippen LogP contribution in [0.3, 0.4) is 0 Å². The molecule has 2 rings (SSSR count). The third-order valence-corrected chi connectivity index (χ3v) is 3.15. The van der Waals surface area contributed by atoms with Gasteiger partial charge in [-0.05, 0) is 37.5 Å². The van der Waals surface area contributed by atoms with Crippen molar-refractivity contribution in [1.82, 2.24) is 0 Å². The van der Waals surface area contributed by atoms with Gasteiger partial charge in [0.2, 0.25) is 5.91 Å². The molecule has 0 bridgehead atoms. The predicted molar refractivity (Wildman–Crippen MR) is 67.0 cm³/mol. The van der Waals surface area contributed by atoms with Crippen LogP contribution in [0.5, 0.6) is 0 Å². The average molecular weight is 218 g/mol. The van der Waals surface area contributed by atoms with Gasteiger partial charge in [-0.1, -0.05) is 13.0 Å². The molecule has 0 saturated heterocycles. The highest BCUT2D eigenvalue weighted by Gasteiger charge is 2.24. The minimum absolute atomic E-state index is 0.169. The third-order valence-electron chi connectivity index (χ3n) is 3.15. The number of amides is 1. The molecule has 0 radical (unpaired) electrons. The molecule has 0 fully saturated rings. The van der Waals surface area contributed by atoms with E-state index in [0.29, 0.717) is 6.54 Å². The Morgan fingerprint density at radius 1 is 1.38 bits per heavy atom. The maximum atomic E-state index is 11.9. The summed E-state index contributed by atoms with van der Waals surface area (Å²) in [5, 5.41) is 3.18. The van der Waals surface area contributed by atoms with Crippen molar-refractivity contribution in [3.8, 4) is 0 Å². The highest BCUT2D eigenvalue weighted by molar-refractivity contribution is 6.03. The van der Waals surface area contributed by atoms with Crippen LogP contribution in [-0.4, -0.2) is 19.0 Å². The van der Waals surface area contributed by atoms with Crippen LogP contribution < -0.4 is 10.2 Å². The molecular formula is C13H18N2O. The van der Waals surface area contributed by atoms with Crippen LogP contribution in [0.1, 0.15) is 24.5 Å². The number of aryl methyl sites for hydroxylation is 1. The highest BCUT2D eigenvalue weighted by atomic mass is 16.2. The Bertz CT molecular complexity index is 426. The van der Waals surface area contributed by atoms with Crippen molar-refractivity contribution in [2.75, 3.05) is 23.3 Å². The van der Waals surface area contributed by atoms with Gasteiger partial charge in [-0.25, -0.2) is 0 Å². The van der Waals surface area contributed by atoms with E-state index in [1.165, 1.54) is 11.1 Å². The molecule has 0 aliphatic carbocycles. The van der Waals surface area contributed by atoms with E-state index in [1.807, 2.05) is 4.90 Å². The number of anilines is 2. The number of carbonyl (C=O) groups excluding carboxylic acids is 1. The highest BCUT2D eigenvalue weighted by Crippen LogP contribution is 2.34. The van der Waals surface area contributed by atoms with E-state index in [0.717, 1.165) is 24.3 Å².